The molecule has 2 unspecified atom stereocenters. The SMILES string of the molecule is CN1CCCCC1CCNC1(C)CCOC1. The molecule has 1 N–H and O–H groups in total. The average Bonchev–Trinajstić information content (AvgIpc) is 2.68. The zero-order chi connectivity index (χ0) is 11.4. The molecule has 3 nitrogen and oxygen atoms in total. The highest BCUT2D eigenvalue weighted by molar-refractivity contribution is 4.87. The Balaban J connectivity index is 1.66. The van der Waals surface area contributed by atoms with Crippen LogP contribution in [0.3, 0.4) is 0 Å². The number of rotatable bonds is 4. The molecule has 3 heteroatoms. The van der Waals surface area contributed by atoms with Crippen LogP contribution in [0.4, 0.5) is 0 Å². The average molecular weight is 226 g/mol. The Labute approximate surface area is 99.5 Å². The third kappa shape index (κ3) is 3.19. The van der Waals surface area contributed by atoms with Crippen LogP contribution in [0, 0.1) is 0 Å². The van der Waals surface area contributed by atoms with E-state index in [-0.39, 0.29) is 5.54 Å². The Morgan fingerprint density at radius 3 is 3.00 bits per heavy atom. The van der Waals surface area contributed by atoms with E-state index >= 15 is 0 Å². The van der Waals surface area contributed by atoms with Crippen molar-refractivity contribution < 1.29 is 4.74 Å². The van der Waals surface area contributed by atoms with E-state index in [0.29, 0.717) is 0 Å². The third-order valence-electron chi connectivity index (χ3n) is 4.17. The van der Waals surface area contributed by atoms with Gasteiger partial charge in [-0.3, -0.25) is 0 Å². The van der Waals surface area contributed by atoms with Gasteiger partial charge >= 0.3 is 0 Å². The molecule has 0 aromatic heterocycles. The van der Waals surface area contributed by atoms with Crippen molar-refractivity contribution in [2.24, 2.45) is 0 Å². The molecule has 0 radical (unpaired) electrons. The van der Waals surface area contributed by atoms with E-state index in [1.807, 2.05) is 0 Å². The van der Waals surface area contributed by atoms with Crippen molar-refractivity contribution in [2.75, 3.05) is 33.4 Å². The second kappa shape index (κ2) is 5.48. The molecule has 2 saturated heterocycles. The Morgan fingerprint density at radius 1 is 1.44 bits per heavy atom. The summed E-state index contributed by atoms with van der Waals surface area (Å²) in [6.45, 7) is 6.50. The lowest BCUT2D eigenvalue weighted by Gasteiger charge is -2.33. The predicted molar refractivity (Wildman–Crippen MR) is 66.7 cm³/mol. The minimum atomic E-state index is 0.243. The summed E-state index contributed by atoms with van der Waals surface area (Å²) in [4.78, 5) is 2.53. The van der Waals surface area contributed by atoms with Crippen molar-refractivity contribution in [3.05, 3.63) is 0 Å². The number of piperidine rings is 1. The second-order valence-corrected chi connectivity index (χ2v) is 5.71. The number of likely N-dealkylation sites (tertiary alicyclic amines) is 1. The van der Waals surface area contributed by atoms with Gasteiger partial charge in [0.1, 0.15) is 0 Å². The minimum absolute atomic E-state index is 0.243. The number of hydrogen-bond acceptors (Lipinski definition) is 3. The van der Waals surface area contributed by atoms with Crippen LogP contribution in [-0.2, 0) is 4.74 Å². The van der Waals surface area contributed by atoms with Gasteiger partial charge in [-0.25, -0.2) is 0 Å². The predicted octanol–water partition coefficient (Wildman–Crippen LogP) is 1.63. The summed E-state index contributed by atoms with van der Waals surface area (Å²) in [7, 11) is 2.27. The second-order valence-electron chi connectivity index (χ2n) is 5.71. The van der Waals surface area contributed by atoms with Gasteiger partial charge in [0.15, 0.2) is 0 Å². The van der Waals surface area contributed by atoms with Crippen LogP contribution in [0.25, 0.3) is 0 Å². The summed E-state index contributed by atoms with van der Waals surface area (Å²) in [6.07, 6.45) is 6.62. The summed E-state index contributed by atoms with van der Waals surface area (Å²) in [6, 6.07) is 0.798. The summed E-state index contributed by atoms with van der Waals surface area (Å²) in [5.74, 6) is 0. The highest BCUT2D eigenvalue weighted by Crippen LogP contribution is 2.20. The van der Waals surface area contributed by atoms with Crippen molar-refractivity contribution in [2.45, 2.75) is 50.6 Å². The number of hydrogen-bond donors (Lipinski definition) is 1. The molecular formula is C13H26N2O. The van der Waals surface area contributed by atoms with Crippen molar-refractivity contribution in [3.8, 4) is 0 Å². The largest absolute Gasteiger partial charge is 0.379 e. The maximum atomic E-state index is 5.45. The molecule has 16 heavy (non-hydrogen) atoms. The fraction of sp³-hybridized carbons (Fsp3) is 1.00. The van der Waals surface area contributed by atoms with Gasteiger partial charge in [-0.2, -0.15) is 0 Å². The molecule has 2 aliphatic heterocycles. The molecule has 2 aliphatic rings. The van der Waals surface area contributed by atoms with Crippen LogP contribution in [0.15, 0.2) is 0 Å². The maximum Gasteiger partial charge on any atom is 0.0646 e. The Hall–Kier alpha value is -0.120. The highest BCUT2D eigenvalue weighted by Gasteiger charge is 2.29. The van der Waals surface area contributed by atoms with Gasteiger partial charge in [0.25, 0.3) is 0 Å². The Morgan fingerprint density at radius 2 is 2.31 bits per heavy atom. The topological polar surface area (TPSA) is 24.5 Å². The molecule has 0 spiro atoms. The first kappa shape index (κ1) is 12.3. The van der Waals surface area contributed by atoms with Gasteiger partial charge in [-0.1, -0.05) is 6.42 Å². The van der Waals surface area contributed by atoms with Gasteiger partial charge < -0.3 is 15.0 Å². The van der Waals surface area contributed by atoms with Crippen LogP contribution in [-0.4, -0.2) is 49.8 Å². The molecule has 0 saturated carbocycles. The normalized spacial score (nSPS) is 36.8. The third-order valence-corrected chi connectivity index (χ3v) is 4.17. The minimum Gasteiger partial charge on any atom is -0.379 e. The first-order valence-corrected chi connectivity index (χ1v) is 6.73. The molecule has 2 fully saturated rings. The van der Waals surface area contributed by atoms with Crippen molar-refractivity contribution in [3.63, 3.8) is 0 Å². The van der Waals surface area contributed by atoms with E-state index < -0.39 is 0 Å². The van der Waals surface area contributed by atoms with E-state index in [1.54, 1.807) is 0 Å². The van der Waals surface area contributed by atoms with Crippen LogP contribution >= 0.6 is 0 Å². The van der Waals surface area contributed by atoms with Crippen molar-refractivity contribution in [1.82, 2.24) is 10.2 Å². The van der Waals surface area contributed by atoms with Gasteiger partial charge in [0.2, 0.25) is 0 Å². The van der Waals surface area contributed by atoms with Gasteiger partial charge in [0.05, 0.1) is 6.61 Å². The van der Waals surface area contributed by atoms with E-state index in [0.717, 1.165) is 32.2 Å². The molecule has 2 heterocycles. The van der Waals surface area contributed by atoms with Crippen LogP contribution in [0.1, 0.15) is 39.0 Å². The maximum absolute atomic E-state index is 5.45. The molecule has 94 valence electrons. The molecule has 0 aromatic carbocycles. The first-order valence-electron chi connectivity index (χ1n) is 6.73. The first-order chi connectivity index (χ1) is 7.70. The summed E-state index contributed by atoms with van der Waals surface area (Å²) < 4.78 is 5.45. The van der Waals surface area contributed by atoms with E-state index in [2.05, 4.69) is 24.2 Å². The van der Waals surface area contributed by atoms with Crippen LogP contribution < -0.4 is 5.32 Å². The fourth-order valence-corrected chi connectivity index (χ4v) is 2.86. The summed E-state index contributed by atoms with van der Waals surface area (Å²) in [5.41, 5.74) is 0.243. The molecule has 0 amide bonds. The molecule has 0 aromatic rings. The molecule has 2 rings (SSSR count). The van der Waals surface area contributed by atoms with E-state index in [4.69, 9.17) is 4.74 Å². The van der Waals surface area contributed by atoms with Gasteiger partial charge in [-0.15, -0.1) is 0 Å². The summed E-state index contributed by atoms with van der Waals surface area (Å²) in [5, 5.41) is 3.67. The highest BCUT2D eigenvalue weighted by atomic mass is 16.5. The van der Waals surface area contributed by atoms with Crippen molar-refractivity contribution >= 4 is 0 Å². The van der Waals surface area contributed by atoms with Crippen LogP contribution in [0.5, 0.6) is 0 Å². The monoisotopic (exact) mass is 226 g/mol. The fourth-order valence-electron chi connectivity index (χ4n) is 2.86. The molecule has 0 aliphatic carbocycles. The quantitative estimate of drug-likeness (QED) is 0.788. The lowest BCUT2D eigenvalue weighted by atomic mass is 9.98. The summed E-state index contributed by atoms with van der Waals surface area (Å²) >= 11 is 0. The zero-order valence-electron chi connectivity index (χ0n) is 10.8. The number of ether oxygens (including phenoxy) is 1. The molecular weight excluding hydrogens is 200 g/mol. The lowest BCUT2D eigenvalue weighted by Crippen LogP contribution is -2.45. The number of nitrogens with zero attached hydrogens (tertiary/aromatic N) is 1. The lowest BCUT2D eigenvalue weighted by molar-refractivity contribution is 0.158. The molecule has 2 atom stereocenters. The van der Waals surface area contributed by atoms with Crippen molar-refractivity contribution in [1.29, 1.82) is 0 Å². The zero-order valence-corrected chi connectivity index (χ0v) is 10.8. The van der Waals surface area contributed by atoms with E-state index in [9.17, 15) is 0 Å². The molecule has 0 bridgehead atoms. The van der Waals surface area contributed by atoms with Gasteiger partial charge in [0, 0.05) is 18.2 Å². The number of nitrogens with one attached hydrogen (secondary N) is 1. The Bertz CT molecular complexity index is 214. The smallest absolute Gasteiger partial charge is 0.0646 e. The van der Waals surface area contributed by atoms with Gasteiger partial charge in [-0.05, 0) is 52.7 Å². The standard InChI is InChI=1S/C13H26N2O/c1-13(7-10-16-11-13)14-8-6-12-5-3-4-9-15(12)2/h12,14H,3-11H2,1-2H3. The van der Waals surface area contributed by atoms with Crippen LogP contribution in [0.2, 0.25) is 0 Å². The Kier molecular flexibility index (Phi) is 4.22. The van der Waals surface area contributed by atoms with E-state index in [1.165, 1.54) is 32.2 Å².